The van der Waals surface area contributed by atoms with Crippen LogP contribution >= 0.6 is 0 Å². The van der Waals surface area contributed by atoms with Gasteiger partial charge in [0.1, 0.15) is 0 Å². The number of benzene rings is 1. The van der Waals surface area contributed by atoms with Crippen LogP contribution in [0.15, 0.2) is 24.3 Å². The van der Waals surface area contributed by atoms with E-state index in [9.17, 15) is 0 Å². The molecule has 1 aromatic rings. The van der Waals surface area contributed by atoms with Gasteiger partial charge in [-0.1, -0.05) is 31.2 Å². The Bertz CT molecular complexity index is 343. The SMILES string of the molecule is CC#CCC(NN)c1ccc(CC)cc1. The molecule has 0 spiro atoms. The van der Waals surface area contributed by atoms with Crippen molar-refractivity contribution in [2.45, 2.75) is 32.7 Å². The van der Waals surface area contributed by atoms with Crippen LogP contribution in [-0.2, 0) is 6.42 Å². The third kappa shape index (κ3) is 3.39. The van der Waals surface area contributed by atoms with E-state index in [0.29, 0.717) is 0 Å². The molecule has 1 rings (SSSR count). The Morgan fingerprint density at radius 3 is 2.47 bits per heavy atom. The average Bonchev–Trinajstić information content (AvgIpc) is 2.31. The third-order valence-electron chi connectivity index (χ3n) is 2.47. The number of hydrogen-bond donors (Lipinski definition) is 2. The minimum absolute atomic E-state index is 0.128. The zero-order chi connectivity index (χ0) is 11.1. The third-order valence-corrected chi connectivity index (χ3v) is 2.47. The molecule has 1 unspecified atom stereocenters. The highest BCUT2D eigenvalue weighted by Gasteiger charge is 2.06. The Morgan fingerprint density at radius 2 is 2.00 bits per heavy atom. The molecule has 0 aromatic heterocycles. The molecule has 0 radical (unpaired) electrons. The number of nitrogens with one attached hydrogen (secondary N) is 1. The first-order valence-corrected chi connectivity index (χ1v) is 5.26. The predicted octanol–water partition coefficient (Wildman–Crippen LogP) is 2.17. The van der Waals surface area contributed by atoms with Gasteiger partial charge in [0.25, 0.3) is 0 Å². The molecule has 0 saturated carbocycles. The summed E-state index contributed by atoms with van der Waals surface area (Å²) in [6.45, 7) is 3.99. The quantitative estimate of drug-likeness (QED) is 0.446. The average molecular weight is 202 g/mol. The first-order chi connectivity index (χ1) is 7.31. The van der Waals surface area contributed by atoms with Gasteiger partial charge in [0, 0.05) is 6.42 Å². The molecule has 1 aromatic carbocycles. The monoisotopic (exact) mass is 202 g/mol. The predicted molar refractivity (Wildman–Crippen MR) is 64.0 cm³/mol. The van der Waals surface area contributed by atoms with Crippen molar-refractivity contribution in [2.24, 2.45) is 5.84 Å². The van der Waals surface area contributed by atoms with Crippen molar-refractivity contribution in [1.29, 1.82) is 0 Å². The van der Waals surface area contributed by atoms with Crippen molar-refractivity contribution in [3.8, 4) is 11.8 Å². The van der Waals surface area contributed by atoms with Gasteiger partial charge in [-0.25, -0.2) is 0 Å². The van der Waals surface area contributed by atoms with Crippen molar-refractivity contribution in [1.82, 2.24) is 5.43 Å². The summed E-state index contributed by atoms with van der Waals surface area (Å²) in [6, 6.07) is 8.63. The molecule has 0 aliphatic rings. The molecule has 3 N–H and O–H groups in total. The van der Waals surface area contributed by atoms with Gasteiger partial charge in [-0.05, 0) is 24.5 Å². The molecule has 0 amide bonds. The molecule has 0 saturated heterocycles. The molecule has 80 valence electrons. The van der Waals surface area contributed by atoms with E-state index >= 15 is 0 Å². The van der Waals surface area contributed by atoms with Gasteiger partial charge in [0.15, 0.2) is 0 Å². The molecule has 2 heteroatoms. The van der Waals surface area contributed by atoms with Gasteiger partial charge in [0.05, 0.1) is 6.04 Å². The summed E-state index contributed by atoms with van der Waals surface area (Å²) in [4.78, 5) is 0. The fraction of sp³-hybridized carbons (Fsp3) is 0.385. The zero-order valence-corrected chi connectivity index (χ0v) is 9.38. The van der Waals surface area contributed by atoms with Gasteiger partial charge >= 0.3 is 0 Å². The van der Waals surface area contributed by atoms with Crippen LogP contribution in [0.3, 0.4) is 0 Å². The van der Waals surface area contributed by atoms with Crippen LogP contribution in [-0.4, -0.2) is 0 Å². The Labute approximate surface area is 91.8 Å². The molecule has 0 fully saturated rings. The second-order valence-corrected chi connectivity index (χ2v) is 3.45. The lowest BCUT2D eigenvalue weighted by molar-refractivity contribution is 0.568. The summed E-state index contributed by atoms with van der Waals surface area (Å²) in [5.74, 6) is 11.4. The van der Waals surface area contributed by atoms with E-state index in [4.69, 9.17) is 5.84 Å². The van der Waals surface area contributed by atoms with Crippen molar-refractivity contribution >= 4 is 0 Å². The largest absolute Gasteiger partial charge is 0.271 e. The molecule has 0 heterocycles. The van der Waals surface area contributed by atoms with E-state index in [1.807, 2.05) is 6.92 Å². The zero-order valence-electron chi connectivity index (χ0n) is 9.38. The van der Waals surface area contributed by atoms with E-state index in [1.54, 1.807) is 0 Å². The number of aryl methyl sites for hydroxylation is 1. The van der Waals surface area contributed by atoms with E-state index in [2.05, 4.69) is 48.5 Å². The highest BCUT2D eigenvalue weighted by atomic mass is 15.2. The first kappa shape index (κ1) is 11.8. The molecule has 0 aliphatic carbocycles. The van der Waals surface area contributed by atoms with Crippen molar-refractivity contribution < 1.29 is 0 Å². The fourth-order valence-electron chi connectivity index (χ4n) is 1.46. The van der Waals surface area contributed by atoms with Crippen LogP contribution in [0.2, 0.25) is 0 Å². The Balaban J connectivity index is 2.76. The van der Waals surface area contributed by atoms with Gasteiger partial charge < -0.3 is 0 Å². The Kier molecular flexibility index (Phi) is 4.89. The van der Waals surface area contributed by atoms with E-state index in [1.165, 1.54) is 11.1 Å². The fourth-order valence-corrected chi connectivity index (χ4v) is 1.46. The number of hydrogen-bond acceptors (Lipinski definition) is 2. The topological polar surface area (TPSA) is 38.0 Å². The van der Waals surface area contributed by atoms with Gasteiger partial charge in [-0.2, -0.15) is 0 Å². The van der Waals surface area contributed by atoms with Crippen LogP contribution in [0, 0.1) is 11.8 Å². The maximum Gasteiger partial charge on any atom is 0.0569 e. The lowest BCUT2D eigenvalue weighted by Gasteiger charge is -2.13. The lowest BCUT2D eigenvalue weighted by atomic mass is 10.0. The van der Waals surface area contributed by atoms with E-state index in [-0.39, 0.29) is 6.04 Å². The summed E-state index contributed by atoms with van der Waals surface area (Å²) in [5.41, 5.74) is 5.32. The molecule has 2 nitrogen and oxygen atoms in total. The standard InChI is InChI=1S/C13H18N2/c1-3-5-6-13(15-14)12-9-7-11(4-2)8-10-12/h7-10,13,15H,4,6,14H2,1-2H3. The maximum atomic E-state index is 5.50. The van der Waals surface area contributed by atoms with Crippen molar-refractivity contribution in [3.05, 3.63) is 35.4 Å². The molecule has 15 heavy (non-hydrogen) atoms. The van der Waals surface area contributed by atoms with Gasteiger partial charge in [-0.15, -0.1) is 11.8 Å². The van der Waals surface area contributed by atoms with Crippen LogP contribution < -0.4 is 11.3 Å². The van der Waals surface area contributed by atoms with Crippen molar-refractivity contribution in [2.75, 3.05) is 0 Å². The molecule has 0 bridgehead atoms. The van der Waals surface area contributed by atoms with E-state index < -0.39 is 0 Å². The summed E-state index contributed by atoms with van der Waals surface area (Å²) in [5, 5.41) is 0. The Hall–Kier alpha value is -1.30. The Morgan fingerprint density at radius 1 is 1.33 bits per heavy atom. The van der Waals surface area contributed by atoms with E-state index in [0.717, 1.165) is 12.8 Å². The number of hydrazine groups is 1. The first-order valence-electron chi connectivity index (χ1n) is 5.26. The summed E-state index contributed by atoms with van der Waals surface area (Å²) in [6.07, 6.45) is 1.81. The maximum absolute atomic E-state index is 5.50. The highest BCUT2D eigenvalue weighted by molar-refractivity contribution is 5.26. The summed E-state index contributed by atoms with van der Waals surface area (Å²) >= 11 is 0. The number of rotatable bonds is 4. The molecule has 0 aliphatic heterocycles. The minimum Gasteiger partial charge on any atom is -0.271 e. The molecular formula is C13H18N2. The summed E-state index contributed by atoms with van der Waals surface area (Å²) < 4.78 is 0. The van der Waals surface area contributed by atoms with Crippen LogP contribution in [0.1, 0.15) is 37.4 Å². The van der Waals surface area contributed by atoms with Gasteiger partial charge in [-0.3, -0.25) is 11.3 Å². The molecule has 1 atom stereocenters. The van der Waals surface area contributed by atoms with Crippen LogP contribution in [0.5, 0.6) is 0 Å². The minimum atomic E-state index is 0.128. The second-order valence-electron chi connectivity index (χ2n) is 3.45. The smallest absolute Gasteiger partial charge is 0.0569 e. The van der Waals surface area contributed by atoms with Crippen LogP contribution in [0.25, 0.3) is 0 Å². The lowest BCUT2D eigenvalue weighted by Crippen LogP contribution is -2.27. The second kappa shape index (κ2) is 6.23. The highest BCUT2D eigenvalue weighted by Crippen LogP contribution is 2.16. The normalized spacial score (nSPS) is 11.7. The van der Waals surface area contributed by atoms with Gasteiger partial charge in [0.2, 0.25) is 0 Å². The van der Waals surface area contributed by atoms with Crippen molar-refractivity contribution in [3.63, 3.8) is 0 Å². The van der Waals surface area contributed by atoms with Crippen LogP contribution in [0.4, 0.5) is 0 Å². The number of nitrogens with two attached hydrogens (primary N) is 1. The molecular weight excluding hydrogens is 184 g/mol. The summed E-state index contributed by atoms with van der Waals surface area (Å²) in [7, 11) is 0.